The van der Waals surface area contributed by atoms with Crippen LogP contribution in [0.4, 0.5) is 18.9 Å². The van der Waals surface area contributed by atoms with Gasteiger partial charge in [0.1, 0.15) is 6.54 Å². The summed E-state index contributed by atoms with van der Waals surface area (Å²) in [7, 11) is -3.79. The summed E-state index contributed by atoms with van der Waals surface area (Å²) in [6.07, 6.45) is -4.74. The van der Waals surface area contributed by atoms with Crippen LogP contribution in [0.15, 0.2) is 53.4 Å². The van der Waals surface area contributed by atoms with E-state index in [-0.39, 0.29) is 47.9 Å². The van der Waals surface area contributed by atoms with Crippen molar-refractivity contribution >= 4 is 32.7 Å². The number of hydrogen-bond acceptors (Lipinski definition) is 5. The fourth-order valence-corrected chi connectivity index (χ4v) is 4.92. The maximum absolute atomic E-state index is 13.4. The smallest absolute Gasteiger partial charge is 0.379 e. The largest absolute Gasteiger partial charge is 0.449 e. The molecule has 1 amide bonds. The van der Waals surface area contributed by atoms with Crippen LogP contribution in [-0.4, -0.2) is 54.5 Å². The van der Waals surface area contributed by atoms with E-state index < -0.39 is 34.5 Å². The molecule has 0 unspecified atom stereocenters. The lowest BCUT2D eigenvalue weighted by atomic mass is 10.3. The maximum Gasteiger partial charge on any atom is 0.449 e. The normalized spacial score (nSPS) is 15.7. The van der Waals surface area contributed by atoms with E-state index in [0.29, 0.717) is 0 Å². The Balaban J connectivity index is 1.57. The highest BCUT2D eigenvalue weighted by Gasteiger charge is 2.38. The number of halogens is 3. The third-order valence-corrected chi connectivity index (χ3v) is 6.83. The highest BCUT2D eigenvalue weighted by molar-refractivity contribution is 7.89. The van der Waals surface area contributed by atoms with Gasteiger partial charge in [0.2, 0.25) is 21.8 Å². The van der Waals surface area contributed by atoms with E-state index >= 15 is 0 Å². The lowest BCUT2D eigenvalue weighted by Gasteiger charge is -2.26. The first kappa shape index (κ1) is 22.2. The number of benzene rings is 2. The molecule has 1 aliphatic rings. The molecule has 8 nitrogen and oxygen atoms in total. The molecule has 4 rings (SSSR count). The number of amides is 1. The van der Waals surface area contributed by atoms with Gasteiger partial charge in [-0.15, -0.1) is 0 Å². The van der Waals surface area contributed by atoms with Crippen molar-refractivity contribution in [2.24, 2.45) is 0 Å². The quantitative estimate of drug-likeness (QED) is 0.622. The molecule has 0 radical (unpaired) electrons. The fraction of sp³-hybridized carbons (Fsp3) is 0.300. The number of carbonyl (C=O) groups excluding carboxylic acids is 1. The number of imidazole rings is 1. The molecule has 170 valence electrons. The van der Waals surface area contributed by atoms with Crippen LogP contribution < -0.4 is 5.32 Å². The number of alkyl halides is 3. The van der Waals surface area contributed by atoms with Crippen molar-refractivity contribution in [1.82, 2.24) is 13.9 Å². The van der Waals surface area contributed by atoms with Crippen LogP contribution in [0.3, 0.4) is 0 Å². The van der Waals surface area contributed by atoms with Crippen LogP contribution in [-0.2, 0) is 32.3 Å². The summed E-state index contributed by atoms with van der Waals surface area (Å²) in [6.45, 7) is 0.363. The van der Waals surface area contributed by atoms with Crippen LogP contribution in [0.1, 0.15) is 5.82 Å². The summed E-state index contributed by atoms with van der Waals surface area (Å²) in [5, 5.41) is 2.48. The molecule has 1 aliphatic heterocycles. The van der Waals surface area contributed by atoms with Crippen LogP contribution in [0, 0.1) is 0 Å². The number of nitrogens with one attached hydrogen (secondary N) is 1. The first-order valence-corrected chi connectivity index (χ1v) is 11.1. The summed E-state index contributed by atoms with van der Waals surface area (Å²) in [6, 6.07) is 11.6. The molecule has 1 aromatic heterocycles. The third kappa shape index (κ3) is 4.47. The molecule has 3 aromatic rings. The Morgan fingerprint density at radius 2 is 1.81 bits per heavy atom. The van der Waals surface area contributed by atoms with Crippen LogP contribution >= 0.6 is 0 Å². The highest BCUT2D eigenvalue weighted by Crippen LogP contribution is 2.31. The van der Waals surface area contributed by atoms with E-state index in [1.54, 1.807) is 12.1 Å². The maximum atomic E-state index is 13.4. The number of ether oxygens (including phenoxy) is 1. The number of sulfonamides is 1. The zero-order valence-corrected chi connectivity index (χ0v) is 17.5. The second kappa shape index (κ2) is 8.52. The monoisotopic (exact) mass is 468 g/mol. The van der Waals surface area contributed by atoms with Crippen molar-refractivity contribution in [2.75, 3.05) is 31.6 Å². The summed E-state index contributed by atoms with van der Waals surface area (Å²) in [5.74, 6) is -1.93. The molecule has 2 aromatic carbocycles. The highest BCUT2D eigenvalue weighted by atomic mass is 32.2. The molecule has 32 heavy (non-hydrogen) atoms. The Hall–Kier alpha value is -2.96. The van der Waals surface area contributed by atoms with Crippen molar-refractivity contribution in [2.45, 2.75) is 17.6 Å². The summed E-state index contributed by atoms with van der Waals surface area (Å²) in [4.78, 5) is 16.1. The summed E-state index contributed by atoms with van der Waals surface area (Å²) < 4.78 is 73.1. The van der Waals surface area contributed by atoms with E-state index in [1.165, 1.54) is 40.7 Å². The molecule has 1 N–H and O–H groups in total. The van der Waals surface area contributed by atoms with Crippen molar-refractivity contribution in [3.8, 4) is 0 Å². The topological polar surface area (TPSA) is 93.5 Å². The number of para-hydroxylation sites is 2. The van der Waals surface area contributed by atoms with Crippen molar-refractivity contribution in [3.63, 3.8) is 0 Å². The van der Waals surface area contributed by atoms with Gasteiger partial charge >= 0.3 is 6.18 Å². The Kier molecular flexibility index (Phi) is 5.93. The van der Waals surface area contributed by atoms with Crippen LogP contribution in [0.25, 0.3) is 11.0 Å². The predicted molar refractivity (Wildman–Crippen MR) is 109 cm³/mol. The van der Waals surface area contributed by atoms with Gasteiger partial charge in [-0.25, -0.2) is 13.4 Å². The van der Waals surface area contributed by atoms with E-state index in [1.807, 2.05) is 0 Å². The van der Waals surface area contributed by atoms with Gasteiger partial charge in [0.15, 0.2) is 0 Å². The zero-order valence-electron chi connectivity index (χ0n) is 16.7. The molecule has 0 aliphatic carbocycles. The minimum Gasteiger partial charge on any atom is -0.379 e. The van der Waals surface area contributed by atoms with Crippen molar-refractivity contribution < 1.29 is 31.1 Å². The molecule has 0 spiro atoms. The Labute approximate surface area is 181 Å². The third-order valence-electron chi connectivity index (χ3n) is 4.94. The summed E-state index contributed by atoms with van der Waals surface area (Å²) >= 11 is 0. The van der Waals surface area contributed by atoms with Crippen molar-refractivity contribution in [1.29, 1.82) is 0 Å². The van der Waals surface area contributed by atoms with E-state index in [4.69, 9.17) is 4.74 Å². The minimum atomic E-state index is -4.74. The molecule has 0 atom stereocenters. The van der Waals surface area contributed by atoms with Crippen LogP contribution in [0.2, 0.25) is 0 Å². The molecule has 1 fully saturated rings. The zero-order chi connectivity index (χ0) is 22.9. The first-order valence-electron chi connectivity index (χ1n) is 9.66. The average molecular weight is 468 g/mol. The van der Waals surface area contributed by atoms with Gasteiger partial charge in [-0.2, -0.15) is 17.5 Å². The minimum absolute atomic E-state index is 0.0266. The number of nitrogens with zero attached hydrogens (tertiary/aromatic N) is 3. The lowest BCUT2D eigenvalue weighted by Crippen LogP contribution is -2.40. The number of rotatable bonds is 5. The summed E-state index contributed by atoms with van der Waals surface area (Å²) in [5.41, 5.74) is 0.437. The number of morpholine rings is 1. The Bertz CT molecular complexity index is 1250. The molecule has 2 heterocycles. The fourth-order valence-electron chi connectivity index (χ4n) is 3.47. The van der Waals surface area contributed by atoms with Crippen molar-refractivity contribution in [3.05, 3.63) is 54.4 Å². The number of aromatic nitrogens is 2. The molecular weight excluding hydrogens is 449 g/mol. The molecule has 12 heteroatoms. The second-order valence-corrected chi connectivity index (χ2v) is 9.04. The predicted octanol–water partition coefficient (Wildman–Crippen LogP) is 2.71. The Morgan fingerprint density at radius 1 is 1.09 bits per heavy atom. The van der Waals surface area contributed by atoms with E-state index in [2.05, 4.69) is 10.3 Å². The SMILES string of the molecule is O=C(Cn1c(C(F)(F)F)nc2ccccc21)Nc1cccc(S(=O)(=O)N2CCOCC2)c1. The van der Waals surface area contributed by atoms with Gasteiger partial charge in [0.05, 0.1) is 29.1 Å². The van der Waals surface area contributed by atoms with E-state index in [0.717, 1.165) is 4.57 Å². The lowest BCUT2D eigenvalue weighted by molar-refractivity contribution is -0.147. The van der Waals surface area contributed by atoms with Gasteiger partial charge in [-0.3, -0.25) is 4.79 Å². The number of hydrogen-bond donors (Lipinski definition) is 1. The van der Waals surface area contributed by atoms with Crippen LogP contribution in [0.5, 0.6) is 0 Å². The van der Waals surface area contributed by atoms with E-state index in [9.17, 15) is 26.4 Å². The number of fused-ring (bicyclic) bond motifs is 1. The standard InChI is InChI=1S/C20H19F3N4O4S/c21-20(22,23)19-25-16-6-1-2-7-17(16)27(19)13-18(28)24-14-4-3-5-15(12-14)32(29,30)26-8-10-31-11-9-26/h1-7,12H,8-11,13H2,(H,24,28). The van der Waals surface area contributed by atoms with Gasteiger partial charge < -0.3 is 14.6 Å². The van der Waals surface area contributed by atoms with Gasteiger partial charge in [0, 0.05) is 18.8 Å². The van der Waals surface area contributed by atoms with Gasteiger partial charge in [-0.05, 0) is 30.3 Å². The average Bonchev–Trinajstić information content (AvgIpc) is 3.13. The first-order chi connectivity index (χ1) is 15.2. The molecule has 0 saturated carbocycles. The molecule has 0 bridgehead atoms. The van der Waals surface area contributed by atoms with Gasteiger partial charge in [0.25, 0.3) is 0 Å². The van der Waals surface area contributed by atoms with Gasteiger partial charge in [-0.1, -0.05) is 18.2 Å². The Morgan fingerprint density at radius 3 is 2.53 bits per heavy atom. The molecular formula is C20H19F3N4O4S. The second-order valence-electron chi connectivity index (χ2n) is 7.10. The molecule has 1 saturated heterocycles. The number of anilines is 1. The number of carbonyl (C=O) groups is 1.